The van der Waals surface area contributed by atoms with Crippen molar-refractivity contribution in [2.45, 2.75) is 6.92 Å². The quantitative estimate of drug-likeness (QED) is 0.763. The Kier molecular flexibility index (Phi) is 2.01. The lowest BCUT2D eigenvalue weighted by Gasteiger charge is -2.19. The molecule has 0 fully saturated rings. The van der Waals surface area contributed by atoms with Crippen molar-refractivity contribution in [1.82, 2.24) is 9.55 Å². The normalized spacial score (nSPS) is 18.9. The second-order valence-corrected chi connectivity index (χ2v) is 4.19. The predicted octanol–water partition coefficient (Wildman–Crippen LogP) is 2.12. The molecule has 1 atom stereocenters. The van der Waals surface area contributed by atoms with Crippen LogP contribution in [-0.2, 0) is 0 Å². The maximum absolute atomic E-state index is 12.2. The molecule has 0 saturated carbocycles. The van der Waals surface area contributed by atoms with Crippen LogP contribution in [0, 0.1) is 17.2 Å². The molecule has 2 aromatic rings. The van der Waals surface area contributed by atoms with Gasteiger partial charge in [0.2, 0.25) is 5.91 Å². The van der Waals surface area contributed by atoms with Crippen LogP contribution in [-0.4, -0.2) is 20.6 Å². The van der Waals surface area contributed by atoms with E-state index in [-0.39, 0.29) is 23.1 Å². The molecule has 5 heteroatoms. The van der Waals surface area contributed by atoms with Gasteiger partial charge in [-0.15, -0.1) is 0 Å². The number of para-hydroxylation sites is 2. The molecule has 5 nitrogen and oxygen atoms in total. The SMILES string of the molecule is CC1C(=O)n2c(nc3ccccc32)C(C#N)=C1O. The highest BCUT2D eigenvalue weighted by Gasteiger charge is 2.34. The van der Waals surface area contributed by atoms with E-state index in [9.17, 15) is 9.90 Å². The number of imidazole rings is 1. The van der Waals surface area contributed by atoms with Crippen molar-refractivity contribution >= 4 is 22.5 Å². The van der Waals surface area contributed by atoms with Gasteiger partial charge in [-0.3, -0.25) is 9.36 Å². The van der Waals surface area contributed by atoms with Gasteiger partial charge in [0.05, 0.1) is 17.0 Å². The van der Waals surface area contributed by atoms with Gasteiger partial charge in [-0.2, -0.15) is 5.26 Å². The van der Waals surface area contributed by atoms with E-state index in [0.29, 0.717) is 11.0 Å². The van der Waals surface area contributed by atoms with Crippen LogP contribution in [0.4, 0.5) is 0 Å². The van der Waals surface area contributed by atoms with Crippen LogP contribution in [0.5, 0.6) is 0 Å². The molecule has 1 unspecified atom stereocenters. The van der Waals surface area contributed by atoms with Crippen LogP contribution in [0.3, 0.4) is 0 Å². The van der Waals surface area contributed by atoms with Gasteiger partial charge in [0.25, 0.3) is 0 Å². The first kappa shape index (κ1) is 10.5. The molecule has 1 N–H and O–H groups in total. The Morgan fingerprint density at radius 3 is 2.89 bits per heavy atom. The first-order valence-corrected chi connectivity index (χ1v) is 5.50. The average Bonchev–Trinajstić information content (AvgIpc) is 2.76. The van der Waals surface area contributed by atoms with E-state index >= 15 is 0 Å². The Morgan fingerprint density at radius 1 is 1.44 bits per heavy atom. The monoisotopic (exact) mass is 239 g/mol. The van der Waals surface area contributed by atoms with Crippen LogP contribution in [0.2, 0.25) is 0 Å². The molecule has 1 aliphatic rings. The smallest absolute Gasteiger partial charge is 0.243 e. The maximum Gasteiger partial charge on any atom is 0.243 e. The van der Waals surface area contributed by atoms with E-state index in [2.05, 4.69) is 4.98 Å². The molecule has 0 saturated heterocycles. The molecule has 1 aliphatic heterocycles. The summed E-state index contributed by atoms with van der Waals surface area (Å²) in [5.74, 6) is -0.968. The summed E-state index contributed by atoms with van der Waals surface area (Å²) in [5.41, 5.74) is 1.36. The summed E-state index contributed by atoms with van der Waals surface area (Å²) < 4.78 is 1.40. The molecule has 0 radical (unpaired) electrons. The first-order valence-electron chi connectivity index (χ1n) is 5.50. The van der Waals surface area contributed by atoms with Gasteiger partial charge in [0.15, 0.2) is 5.82 Å². The fraction of sp³-hybridized carbons (Fsp3) is 0.154. The third-order valence-corrected chi connectivity index (χ3v) is 3.15. The second kappa shape index (κ2) is 3.44. The molecule has 1 aromatic carbocycles. The lowest BCUT2D eigenvalue weighted by molar-refractivity contribution is 0.0837. The number of nitrogens with zero attached hydrogens (tertiary/aromatic N) is 3. The Morgan fingerprint density at radius 2 is 2.17 bits per heavy atom. The minimum atomic E-state index is -0.718. The summed E-state index contributed by atoms with van der Waals surface area (Å²) in [5, 5.41) is 19.0. The second-order valence-electron chi connectivity index (χ2n) is 4.19. The van der Waals surface area contributed by atoms with E-state index in [1.165, 1.54) is 4.57 Å². The average molecular weight is 239 g/mol. The Labute approximate surface area is 103 Å². The standard InChI is InChI=1S/C13H9N3O2/c1-7-11(17)8(6-14)12-15-9-4-2-3-5-10(9)16(12)13(7)18/h2-5,7,17H,1H3. The number of aromatic nitrogens is 2. The summed E-state index contributed by atoms with van der Waals surface area (Å²) in [4.78, 5) is 16.4. The van der Waals surface area contributed by atoms with Gasteiger partial charge in [-0.25, -0.2) is 4.98 Å². The highest BCUT2D eigenvalue weighted by molar-refractivity contribution is 6.01. The largest absolute Gasteiger partial charge is 0.510 e. The molecule has 0 spiro atoms. The zero-order chi connectivity index (χ0) is 12.9. The topological polar surface area (TPSA) is 78.9 Å². The van der Waals surface area contributed by atoms with Crippen LogP contribution in [0.15, 0.2) is 30.0 Å². The van der Waals surface area contributed by atoms with Crippen molar-refractivity contribution in [3.63, 3.8) is 0 Å². The number of allylic oxidation sites excluding steroid dienone is 2. The number of carbonyl (C=O) groups is 1. The molecular formula is C13H9N3O2. The third kappa shape index (κ3) is 1.14. The lowest BCUT2D eigenvalue weighted by Crippen LogP contribution is -2.27. The van der Waals surface area contributed by atoms with Crippen LogP contribution in [0.1, 0.15) is 17.5 Å². The minimum Gasteiger partial charge on any atom is -0.510 e. The van der Waals surface area contributed by atoms with Gasteiger partial charge >= 0.3 is 0 Å². The zero-order valence-electron chi connectivity index (χ0n) is 9.58. The van der Waals surface area contributed by atoms with Crippen molar-refractivity contribution < 1.29 is 9.90 Å². The molecule has 0 amide bonds. The van der Waals surface area contributed by atoms with Crippen molar-refractivity contribution in [1.29, 1.82) is 5.26 Å². The van der Waals surface area contributed by atoms with Crippen LogP contribution >= 0.6 is 0 Å². The highest BCUT2D eigenvalue weighted by Crippen LogP contribution is 2.31. The molecule has 18 heavy (non-hydrogen) atoms. The maximum atomic E-state index is 12.2. The van der Waals surface area contributed by atoms with Gasteiger partial charge in [-0.1, -0.05) is 12.1 Å². The zero-order valence-corrected chi connectivity index (χ0v) is 9.58. The number of hydrogen-bond acceptors (Lipinski definition) is 4. The Hall–Kier alpha value is -2.61. The molecular weight excluding hydrogens is 230 g/mol. The van der Waals surface area contributed by atoms with Gasteiger partial charge < -0.3 is 5.11 Å². The van der Waals surface area contributed by atoms with Gasteiger partial charge in [0, 0.05) is 0 Å². The molecule has 1 aromatic heterocycles. The molecule has 0 bridgehead atoms. The Balaban J connectivity index is 2.46. The van der Waals surface area contributed by atoms with E-state index < -0.39 is 5.92 Å². The molecule has 2 heterocycles. The number of aliphatic hydroxyl groups excluding tert-OH is 1. The van der Waals surface area contributed by atoms with Crippen LogP contribution < -0.4 is 0 Å². The number of hydrogen-bond donors (Lipinski definition) is 1. The summed E-state index contributed by atoms with van der Waals surface area (Å²) in [7, 11) is 0. The van der Waals surface area contributed by atoms with E-state index in [4.69, 9.17) is 5.26 Å². The number of benzene rings is 1. The summed E-state index contributed by atoms with van der Waals surface area (Å²) in [6.45, 7) is 1.58. The van der Waals surface area contributed by atoms with Crippen molar-refractivity contribution in [3.05, 3.63) is 35.8 Å². The summed E-state index contributed by atoms with van der Waals surface area (Å²) in [6.07, 6.45) is 0. The van der Waals surface area contributed by atoms with E-state index in [0.717, 1.165) is 0 Å². The lowest BCUT2D eigenvalue weighted by atomic mass is 10.00. The number of rotatable bonds is 0. The van der Waals surface area contributed by atoms with E-state index in [1.54, 1.807) is 25.1 Å². The van der Waals surface area contributed by atoms with Crippen molar-refractivity contribution in [3.8, 4) is 6.07 Å². The molecule has 0 aliphatic carbocycles. The number of fused-ring (bicyclic) bond motifs is 3. The van der Waals surface area contributed by atoms with Crippen molar-refractivity contribution in [2.75, 3.05) is 0 Å². The summed E-state index contributed by atoms with van der Waals surface area (Å²) in [6, 6.07) is 9.07. The van der Waals surface area contributed by atoms with Gasteiger partial charge in [-0.05, 0) is 19.1 Å². The fourth-order valence-corrected chi connectivity index (χ4v) is 2.17. The highest BCUT2D eigenvalue weighted by atomic mass is 16.3. The minimum absolute atomic E-state index is 0.0679. The van der Waals surface area contributed by atoms with Crippen LogP contribution in [0.25, 0.3) is 16.6 Å². The van der Waals surface area contributed by atoms with Gasteiger partial charge in [0.1, 0.15) is 17.4 Å². The molecule has 88 valence electrons. The first-order chi connectivity index (χ1) is 8.65. The Bertz CT molecular complexity index is 749. The molecule has 3 rings (SSSR count). The summed E-state index contributed by atoms with van der Waals surface area (Å²) >= 11 is 0. The number of nitriles is 1. The number of carbonyl (C=O) groups excluding carboxylic acids is 1. The number of aliphatic hydroxyl groups is 1. The predicted molar refractivity (Wildman–Crippen MR) is 64.7 cm³/mol. The fourth-order valence-electron chi connectivity index (χ4n) is 2.17. The van der Waals surface area contributed by atoms with Crippen molar-refractivity contribution in [2.24, 2.45) is 5.92 Å². The van der Waals surface area contributed by atoms with E-state index in [1.807, 2.05) is 12.1 Å². The third-order valence-electron chi connectivity index (χ3n) is 3.15.